The van der Waals surface area contributed by atoms with E-state index >= 15 is 0 Å². The predicted octanol–water partition coefficient (Wildman–Crippen LogP) is 4.24. The minimum Gasteiger partial charge on any atom is -0.444 e. The minimum absolute atomic E-state index is 0.210. The fraction of sp³-hybridized carbons (Fsp3) is 0.0625. The molecule has 0 heterocycles. The molecule has 20 heavy (non-hydrogen) atoms. The van der Waals surface area contributed by atoms with Crippen LogP contribution in [0.15, 0.2) is 60.8 Å². The minimum atomic E-state index is -0.493. The molecule has 0 aliphatic rings. The van der Waals surface area contributed by atoms with Crippen LogP contribution in [0.4, 0.5) is 4.79 Å². The van der Waals surface area contributed by atoms with Crippen molar-refractivity contribution < 1.29 is 9.53 Å². The number of amides is 1. The van der Waals surface area contributed by atoms with E-state index in [0.717, 1.165) is 11.1 Å². The molecule has 1 amide bonds. The predicted molar refractivity (Wildman–Crippen MR) is 80.2 cm³/mol. The molecule has 0 radical (unpaired) electrons. The highest BCUT2D eigenvalue weighted by Crippen LogP contribution is 2.10. The van der Waals surface area contributed by atoms with Crippen molar-refractivity contribution in [3.63, 3.8) is 0 Å². The lowest BCUT2D eigenvalue weighted by Crippen LogP contribution is -2.18. The van der Waals surface area contributed by atoms with Crippen LogP contribution in [0.25, 0.3) is 6.08 Å². The molecule has 1 N–H and O–H groups in total. The van der Waals surface area contributed by atoms with Gasteiger partial charge in [0.25, 0.3) is 0 Å². The Labute approximate surface area is 122 Å². The van der Waals surface area contributed by atoms with Gasteiger partial charge in [0.1, 0.15) is 6.61 Å². The molecule has 0 atom stereocenters. The van der Waals surface area contributed by atoms with Gasteiger partial charge >= 0.3 is 6.09 Å². The summed E-state index contributed by atoms with van der Waals surface area (Å²) in [6.45, 7) is 0.210. The number of hydrogen-bond donors (Lipinski definition) is 1. The number of ether oxygens (including phenoxy) is 1. The van der Waals surface area contributed by atoms with Gasteiger partial charge < -0.3 is 4.74 Å². The van der Waals surface area contributed by atoms with Gasteiger partial charge in [-0.1, -0.05) is 54.1 Å². The number of alkyl carbamates (subject to hydrolysis) is 1. The second kappa shape index (κ2) is 7.36. The smallest absolute Gasteiger partial charge is 0.411 e. The van der Waals surface area contributed by atoms with Gasteiger partial charge in [0, 0.05) is 11.2 Å². The third-order valence-corrected chi connectivity index (χ3v) is 2.81. The zero-order valence-corrected chi connectivity index (χ0v) is 11.5. The number of carbonyl (C=O) groups is 1. The van der Waals surface area contributed by atoms with E-state index in [-0.39, 0.29) is 6.61 Å². The number of nitrogens with one attached hydrogen (secondary N) is 1. The largest absolute Gasteiger partial charge is 0.444 e. The Hall–Kier alpha value is -2.26. The Morgan fingerprint density at radius 1 is 1.10 bits per heavy atom. The van der Waals surface area contributed by atoms with Crippen LogP contribution in [0.1, 0.15) is 11.1 Å². The zero-order valence-electron chi connectivity index (χ0n) is 10.8. The quantitative estimate of drug-likeness (QED) is 0.913. The van der Waals surface area contributed by atoms with Gasteiger partial charge in [-0.2, -0.15) is 0 Å². The van der Waals surface area contributed by atoms with E-state index in [1.54, 1.807) is 24.4 Å². The lowest BCUT2D eigenvalue weighted by Gasteiger charge is -2.04. The molecule has 2 aromatic carbocycles. The van der Waals surface area contributed by atoms with Crippen LogP contribution < -0.4 is 5.32 Å². The first-order valence-electron chi connectivity index (χ1n) is 6.13. The van der Waals surface area contributed by atoms with E-state index < -0.39 is 6.09 Å². The van der Waals surface area contributed by atoms with Crippen LogP contribution in [0, 0.1) is 0 Å². The summed E-state index contributed by atoms with van der Waals surface area (Å²) in [5.74, 6) is 0. The number of halogens is 1. The number of carbonyl (C=O) groups excluding carboxylic acids is 1. The fourth-order valence-electron chi connectivity index (χ4n) is 1.54. The van der Waals surface area contributed by atoms with E-state index in [9.17, 15) is 4.79 Å². The molecule has 0 fully saturated rings. The summed E-state index contributed by atoms with van der Waals surface area (Å²) in [4.78, 5) is 11.5. The maximum absolute atomic E-state index is 11.5. The van der Waals surface area contributed by atoms with Crippen molar-refractivity contribution in [3.05, 3.63) is 76.9 Å². The highest BCUT2D eigenvalue weighted by Gasteiger charge is 2.00. The molecule has 0 aromatic heterocycles. The Balaban J connectivity index is 1.76. The van der Waals surface area contributed by atoms with Crippen molar-refractivity contribution in [2.75, 3.05) is 0 Å². The zero-order chi connectivity index (χ0) is 14.2. The lowest BCUT2D eigenvalue weighted by atomic mass is 10.2. The van der Waals surface area contributed by atoms with Crippen molar-refractivity contribution in [1.29, 1.82) is 0 Å². The van der Waals surface area contributed by atoms with E-state index in [4.69, 9.17) is 16.3 Å². The molecule has 0 saturated heterocycles. The molecule has 2 aromatic rings. The monoisotopic (exact) mass is 287 g/mol. The van der Waals surface area contributed by atoms with Crippen LogP contribution in [0.3, 0.4) is 0 Å². The van der Waals surface area contributed by atoms with Gasteiger partial charge in [-0.05, 0) is 29.3 Å². The number of hydrogen-bond acceptors (Lipinski definition) is 2. The average molecular weight is 288 g/mol. The van der Waals surface area contributed by atoms with Gasteiger partial charge in [0.2, 0.25) is 0 Å². The van der Waals surface area contributed by atoms with Crippen LogP contribution in [0.5, 0.6) is 0 Å². The van der Waals surface area contributed by atoms with Gasteiger partial charge in [0.05, 0.1) is 0 Å². The van der Waals surface area contributed by atoms with Crippen molar-refractivity contribution in [1.82, 2.24) is 5.32 Å². The standard InChI is InChI=1S/C16H14ClNO2/c17-15-8-6-14(7-9-15)12-20-16(19)18-11-10-13-4-2-1-3-5-13/h1-11H,12H2,(H,18,19)/b11-10+. The topological polar surface area (TPSA) is 38.3 Å². The lowest BCUT2D eigenvalue weighted by molar-refractivity contribution is 0.143. The molecule has 0 bridgehead atoms. The highest BCUT2D eigenvalue weighted by atomic mass is 35.5. The molecule has 2 rings (SSSR count). The Bertz CT molecular complexity index is 579. The Kier molecular flexibility index (Phi) is 5.21. The first kappa shape index (κ1) is 14.2. The maximum Gasteiger partial charge on any atom is 0.411 e. The van der Waals surface area contributed by atoms with Crippen molar-refractivity contribution in [2.45, 2.75) is 6.61 Å². The number of rotatable bonds is 4. The Morgan fingerprint density at radius 3 is 2.50 bits per heavy atom. The SMILES string of the molecule is O=C(N/C=C/c1ccccc1)OCc1ccc(Cl)cc1. The molecular weight excluding hydrogens is 274 g/mol. The van der Waals surface area contributed by atoms with Crippen molar-refractivity contribution in [3.8, 4) is 0 Å². The summed E-state index contributed by atoms with van der Waals surface area (Å²) in [7, 11) is 0. The van der Waals surface area contributed by atoms with E-state index in [2.05, 4.69) is 5.32 Å². The molecule has 0 aliphatic heterocycles. The fourth-order valence-corrected chi connectivity index (χ4v) is 1.67. The Morgan fingerprint density at radius 2 is 1.80 bits per heavy atom. The van der Waals surface area contributed by atoms with Crippen molar-refractivity contribution >= 4 is 23.8 Å². The van der Waals surface area contributed by atoms with Crippen molar-refractivity contribution in [2.24, 2.45) is 0 Å². The van der Waals surface area contributed by atoms with Crippen LogP contribution >= 0.6 is 11.6 Å². The van der Waals surface area contributed by atoms with Gasteiger partial charge in [-0.3, -0.25) is 5.32 Å². The third-order valence-electron chi connectivity index (χ3n) is 2.56. The van der Waals surface area contributed by atoms with Crippen LogP contribution in [0.2, 0.25) is 5.02 Å². The van der Waals surface area contributed by atoms with Gasteiger partial charge in [0.15, 0.2) is 0 Å². The van der Waals surface area contributed by atoms with Gasteiger partial charge in [-0.25, -0.2) is 4.79 Å². The van der Waals surface area contributed by atoms with E-state index in [1.165, 1.54) is 0 Å². The molecule has 4 heteroatoms. The summed E-state index contributed by atoms with van der Waals surface area (Å²) in [6.07, 6.45) is 2.86. The molecule has 102 valence electrons. The first-order chi connectivity index (χ1) is 9.74. The first-order valence-corrected chi connectivity index (χ1v) is 6.51. The summed E-state index contributed by atoms with van der Waals surface area (Å²) in [5.41, 5.74) is 1.89. The van der Waals surface area contributed by atoms with Crippen LogP contribution in [-0.2, 0) is 11.3 Å². The van der Waals surface area contributed by atoms with E-state index in [1.807, 2.05) is 42.5 Å². The number of benzene rings is 2. The average Bonchev–Trinajstić information content (AvgIpc) is 2.48. The normalized spacial score (nSPS) is 10.4. The molecule has 3 nitrogen and oxygen atoms in total. The highest BCUT2D eigenvalue weighted by molar-refractivity contribution is 6.30. The second-order valence-electron chi connectivity index (χ2n) is 4.09. The molecule has 0 saturated carbocycles. The summed E-state index contributed by atoms with van der Waals surface area (Å²) < 4.78 is 5.06. The molecule has 0 aliphatic carbocycles. The summed E-state index contributed by atoms with van der Waals surface area (Å²) in [5, 5.41) is 3.20. The molecule has 0 spiro atoms. The summed E-state index contributed by atoms with van der Waals surface area (Å²) >= 11 is 5.77. The van der Waals surface area contributed by atoms with Gasteiger partial charge in [-0.15, -0.1) is 0 Å². The van der Waals surface area contributed by atoms with Crippen LogP contribution in [-0.4, -0.2) is 6.09 Å². The molecular formula is C16H14ClNO2. The molecule has 0 unspecified atom stereocenters. The van der Waals surface area contributed by atoms with E-state index in [0.29, 0.717) is 5.02 Å². The maximum atomic E-state index is 11.5. The third kappa shape index (κ3) is 4.78. The summed E-state index contributed by atoms with van der Waals surface area (Å²) in [6, 6.07) is 16.8. The second-order valence-corrected chi connectivity index (χ2v) is 4.53.